The lowest BCUT2D eigenvalue weighted by atomic mass is 10.4. The van der Waals surface area contributed by atoms with E-state index in [-0.39, 0.29) is 5.75 Å². The zero-order chi connectivity index (χ0) is 7.56. The van der Waals surface area contributed by atoms with Gasteiger partial charge in [-0.3, -0.25) is 5.10 Å². The van der Waals surface area contributed by atoms with E-state index in [2.05, 4.69) is 10.2 Å². The van der Waals surface area contributed by atoms with Crippen LogP contribution in [0.4, 0.5) is 5.82 Å². The minimum absolute atomic E-state index is 0.0301. The lowest BCUT2D eigenvalue weighted by Crippen LogP contribution is -1.95. The van der Waals surface area contributed by atoms with Crippen molar-refractivity contribution < 1.29 is 8.76 Å². The van der Waals surface area contributed by atoms with Crippen LogP contribution in [0.25, 0.3) is 0 Å². The second-order valence-corrected chi connectivity index (χ2v) is 2.71. The van der Waals surface area contributed by atoms with Crippen LogP contribution in [0.3, 0.4) is 0 Å². The molecule has 0 saturated carbocycles. The maximum absolute atomic E-state index is 10.2. The van der Waals surface area contributed by atoms with Crippen molar-refractivity contribution in [1.82, 2.24) is 10.2 Å². The van der Waals surface area contributed by atoms with E-state index >= 15 is 0 Å². The van der Waals surface area contributed by atoms with E-state index in [1.165, 1.54) is 6.20 Å². The third-order valence-electron chi connectivity index (χ3n) is 1.03. The van der Waals surface area contributed by atoms with Crippen LogP contribution < -0.4 is 5.73 Å². The molecule has 6 heteroatoms. The molecule has 0 radical (unpaired) electrons. The first-order valence-corrected chi connectivity index (χ1v) is 3.83. The van der Waals surface area contributed by atoms with Crippen LogP contribution in [0.2, 0.25) is 0 Å². The smallest absolute Gasteiger partial charge is 0.157 e. The molecule has 0 bridgehead atoms. The van der Waals surface area contributed by atoms with Gasteiger partial charge in [0.05, 0.1) is 11.9 Å². The second kappa shape index (κ2) is 2.80. The van der Waals surface area contributed by atoms with E-state index in [0.717, 1.165) is 0 Å². The summed E-state index contributed by atoms with van der Waals surface area (Å²) in [5.41, 5.74) is 5.90. The van der Waals surface area contributed by atoms with E-state index in [0.29, 0.717) is 11.4 Å². The van der Waals surface area contributed by atoms with Crippen LogP contribution in [-0.4, -0.2) is 19.0 Å². The number of aromatic amines is 1. The van der Waals surface area contributed by atoms with Gasteiger partial charge in [-0.15, -0.1) is 0 Å². The van der Waals surface area contributed by atoms with Gasteiger partial charge in [0.1, 0.15) is 5.82 Å². The molecule has 56 valence electrons. The normalized spacial score (nSPS) is 13.3. The van der Waals surface area contributed by atoms with Crippen LogP contribution in [0.5, 0.6) is 0 Å². The number of nitrogens with one attached hydrogen (secondary N) is 1. The van der Waals surface area contributed by atoms with E-state index in [4.69, 9.17) is 10.3 Å². The number of nitrogen functional groups attached to an aromatic ring is 1. The monoisotopic (exact) mass is 161 g/mol. The summed E-state index contributed by atoms with van der Waals surface area (Å²) < 4.78 is 18.7. The number of anilines is 1. The molecule has 10 heavy (non-hydrogen) atoms. The Morgan fingerprint density at radius 3 is 3.00 bits per heavy atom. The van der Waals surface area contributed by atoms with Crippen LogP contribution in [-0.2, 0) is 16.8 Å². The molecule has 1 aromatic rings. The van der Waals surface area contributed by atoms with Gasteiger partial charge in [-0.2, -0.15) is 5.10 Å². The summed E-state index contributed by atoms with van der Waals surface area (Å²) in [5.74, 6) is 0.380. The Kier molecular flexibility index (Phi) is 2.03. The van der Waals surface area contributed by atoms with Crippen molar-refractivity contribution in [3.63, 3.8) is 0 Å². The summed E-state index contributed by atoms with van der Waals surface area (Å²) in [4.78, 5) is 0. The van der Waals surface area contributed by atoms with Gasteiger partial charge in [-0.05, 0) is 0 Å². The predicted molar refractivity (Wildman–Crippen MR) is 37.5 cm³/mol. The van der Waals surface area contributed by atoms with E-state index in [1.54, 1.807) is 0 Å². The Hall–Kier alpha value is -0.880. The van der Waals surface area contributed by atoms with Gasteiger partial charge in [0, 0.05) is 5.56 Å². The number of aromatic nitrogens is 2. The van der Waals surface area contributed by atoms with Crippen LogP contribution >= 0.6 is 0 Å². The molecule has 0 aromatic carbocycles. The maximum Gasteiger partial charge on any atom is 0.157 e. The fraction of sp³-hybridized carbons (Fsp3) is 0.250. The van der Waals surface area contributed by atoms with Crippen molar-refractivity contribution in [2.24, 2.45) is 0 Å². The quantitative estimate of drug-likeness (QED) is 0.520. The summed E-state index contributed by atoms with van der Waals surface area (Å²) in [6.45, 7) is 0. The molecular weight excluding hydrogens is 154 g/mol. The highest BCUT2D eigenvalue weighted by atomic mass is 32.2. The molecule has 0 spiro atoms. The molecule has 4 N–H and O–H groups in total. The highest BCUT2D eigenvalue weighted by Crippen LogP contribution is 2.07. The van der Waals surface area contributed by atoms with E-state index in [1.807, 2.05) is 0 Å². The van der Waals surface area contributed by atoms with Gasteiger partial charge in [0.15, 0.2) is 11.1 Å². The topological polar surface area (TPSA) is 92.0 Å². The Morgan fingerprint density at radius 2 is 2.60 bits per heavy atom. The van der Waals surface area contributed by atoms with Gasteiger partial charge in [0.2, 0.25) is 0 Å². The Bertz CT molecular complexity index is 246. The first kappa shape index (κ1) is 7.23. The third-order valence-corrected chi connectivity index (χ3v) is 1.59. The van der Waals surface area contributed by atoms with E-state index < -0.39 is 11.1 Å². The van der Waals surface area contributed by atoms with Crippen molar-refractivity contribution in [1.29, 1.82) is 0 Å². The number of nitrogens with two attached hydrogens (primary N) is 1. The maximum atomic E-state index is 10.2. The summed E-state index contributed by atoms with van der Waals surface area (Å²) in [5, 5.41) is 6.04. The Labute approximate surface area is 59.9 Å². The highest BCUT2D eigenvalue weighted by molar-refractivity contribution is 7.78. The van der Waals surface area contributed by atoms with Crippen LogP contribution in [0.15, 0.2) is 6.20 Å². The summed E-state index contributed by atoms with van der Waals surface area (Å²) in [6, 6.07) is 0. The lowest BCUT2D eigenvalue weighted by Gasteiger charge is -1.90. The number of nitrogens with zero attached hydrogens (tertiary/aromatic N) is 1. The molecule has 0 fully saturated rings. The van der Waals surface area contributed by atoms with Crippen LogP contribution in [0.1, 0.15) is 5.56 Å². The summed E-state index contributed by atoms with van der Waals surface area (Å²) in [7, 11) is 0. The van der Waals surface area contributed by atoms with Crippen molar-refractivity contribution >= 4 is 16.9 Å². The number of rotatable bonds is 2. The zero-order valence-corrected chi connectivity index (χ0v) is 5.89. The molecule has 0 aliphatic heterocycles. The molecule has 1 atom stereocenters. The minimum atomic E-state index is -1.85. The molecule has 0 saturated heterocycles. The lowest BCUT2D eigenvalue weighted by molar-refractivity contribution is 0.563. The predicted octanol–water partition coefficient (Wildman–Crippen LogP) is -0.286. The van der Waals surface area contributed by atoms with Gasteiger partial charge < -0.3 is 10.3 Å². The number of H-pyrrole nitrogens is 1. The largest absolute Gasteiger partial charge is 0.384 e. The average molecular weight is 161 g/mol. The molecule has 1 heterocycles. The van der Waals surface area contributed by atoms with Crippen molar-refractivity contribution in [2.75, 3.05) is 5.73 Å². The molecule has 1 aromatic heterocycles. The summed E-state index contributed by atoms with van der Waals surface area (Å²) >= 11 is -1.85. The standard InChI is InChI=1S/C4H7N3O2S/c5-4-3(1-6-7-4)2-10(8)9/h1H,2H2,(H,8,9)(H3,5,6,7). The molecular formula is C4H7N3O2S. The third kappa shape index (κ3) is 1.55. The molecule has 5 nitrogen and oxygen atoms in total. The fourth-order valence-corrected chi connectivity index (χ4v) is 1.07. The number of hydrogen-bond donors (Lipinski definition) is 3. The highest BCUT2D eigenvalue weighted by Gasteiger charge is 2.03. The average Bonchev–Trinajstić information content (AvgIpc) is 2.15. The van der Waals surface area contributed by atoms with Gasteiger partial charge in [-0.25, -0.2) is 4.21 Å². The Morgan fingerprint density at radius 1 is 1.90 bits per heavy atom. The SMILES string of the molecule is Nc1[nH]ncc1CS(=O)O. The van der Waals surface area contributed by atoms with Crippen molar-refractivity contribution in [2.45, 2.75) is 5.75 Å². The van der Waals surface area contributed by atoms with Gasteiger partial charge >= 0.3 is 0 Å². The van der Waals surface area contributed by atoms with E-state index in [9.17, 15) is 4.21 Å². The van der Waals surface area contributed by atoms with Gasteiger partial charge in [0.25, 0.3) is 0 Å². The Balaban J connectivity index is 2.74. The minimum Gasteiger partial charge on any atom is -0.384 e. The fourth-order valence-electron chi connectivity index (χ4n) is 0.569. The summed E-state index contributed by atoms with van der Waals surface area (Å²) in [6.07, 6.45) is 1.43. The molecule has 0 aliphatic rings. The zero-order valence-electron chi connectivity index (χ0n) is 5.07. The van der Waals surface area contributed by atoms with Crippen LogP contribution in [0, 0.1) is 0 Å². The molecule has 1 unspecified atom stereocenters. The number of hydrogen-bond acceptors (Lipinski definition) is 3. The second-order valence-electron chi connectivity index (χ2n) is 1.77. The van der Waals surface area contributed by atoms with Crippen molar-refractivity contribution in [3.8, 4) is 0 Å². The molecule has 0 amide bonds. The molecule has 0 aliphatic carbocycles. The molecule has 1 rings (SSSR count). The van der Waals surface area contributed by atoms with Crippen molar-refractivity contribution in [3.05, 3.63) is 11.8 Å². The first-order valence-electron chi connectivity index (χ1n) is 2.55. The first-order chi connectivity index (χ1) is 4.70. The van der Waals surface area contributed by atoms with Gasteiger partial charge in [-0.1, -0.05) is 0 Å².